The van der Waals surface area contributed by atoms with Crippen molar-refractivity contribution < 1.29 is 19.7 Å². The van der Waals surface area contributed by atoms with Crippen molar-refractivity contribution in [1.82, 2.24) is 0 Å². The van der Waals surface area contributed by atoms with Crippen molar-refractivity contribution in [1.29, 1.82) is 0 Å². The van der Waals surface area contributed by atoms with E-state index in [4.69, 9.17) is 9.84 Å². The third-order valence-electron chi connectivity index (χ3n) is 2.70. The lowest BCUT2D eigenvalue weighted by Gasteiger charge is -2.19. The maximum absolute atomic E-state index is 10.5. The van der Waals surface area contributed by atoms with Gasteiger partial charge in [0.25, 0.3) is 0 Å². The Morgan fingerprint density at radius 2 is 2.05 bits per heavy atom. The number of aliphatic hydroxyl groups excluding tert-OH is 1. The molecule has 0 spiro atoms. The van der Waals surface area contributed by atoms with Crippen molar-refractivity contribution in [3.8, 4) is 0 Å². The van der Waals surface area contributed by atoms with E-state index in [1.807, 2.05) is 30.3 Å². The number of aliphatic hydroxyl groups is 1. The van der Waals surface area contributed by atoms with Gasteiger partial charge in [0.05, 0.1) is 25.2 Å². The van der Waals surface area contributed by atoms with Gasteiger partial charge in [0.2, 0.25) is 0 Å². The number of carbonyl (C=O) groups is 1. The topological polar surface area (TPSA) is 66.8 Å². The van der Waals surface area contributed by atoms with E-state index in [0.717, 1.165) is 5.56 Å². The molecular formula is C15H20O4. The highest BCUT2D eigenvalue weighted by atomic mass is 16.5. The molecule has 4 nitrogen and oxygen atoms in total. The standard InChI is InChI=1S/C15H20O4/c1-2-6-14(9-13(16)10-15(17)18)19-11-12-7-4-3-5-8-12/h2-5,7-8,13-14,16H,1,6,9-11H2,(H,17,18)/t13-,14-/m1/s1. The lowest BCUT2D eigenvalue weighted by atomic mass is 10.1. The van der Waals surface area contributed by atoms with Crippen LogP contribution in [0.4, 0.5) is 0 Å². The molecular weight excluding hydrogens is 244 g/mol. The fourth-order valence-corrected chi connectivity index (χ4v) is 1.79. The Balaban J connectivity index is 2.43. The van der Waals surface area contributed by atoms with E-state index >= 15 is 0 Å². The van der Waals surface area contributed by atoms with E-state index in [-0.39, 0.29) is 12.5 Å². The van der Waals surface area contributed by atoms with E-state index in [0.29, 0.717) is 19.4 Å². The van der Waals surface area contributed by atoms with Gasteiger partial charge in [0.1, 0.15) is 0 Å². The van der Waals surface area contributed by atoms with Crippen molar-refractivity contribution in [2.24, 2.45) is 0 Å². The Morgan fingerprint density at radius 1 is 1.37 bits per heavy atom. The van der Waals surface area contributed by atoms with Crippen LogP contribution in [-0.4, -0.2) is 28.4 Å². The smallest absolute Gasteiger partial charge is 0.305 e. The van der Waals surface area contributed by atoms with Crippen LogP contribution < -0.4 is 0 Å². The third kappa shape index (κ3) is 6.74. The fraction of sp³-hybridized carbons (Fsp3) is 0.400. The van der Waals surface area contributed by atoms with Gasteiger partial charge in [-0.3, -0.25) is 4.79 Å². The van der Waals surface area contributed by atoms with Crippen LogP contribution in [0, 0.1) is 0 Å². The second-order valence-corrected chi connectivity index (χ2v) is 4.43. The maximum Gasteiger partial charge on any atom is 0.305 e. The van der Waals surface area contributed by atoms with Gasteiger partial charge < -0.3 is 14.9 Å². The van der Waals surface area contributed by atoms with Gasteiger partial charge in [-0.05, 0) is 12.0 Å². The van der Waals surface area contributed by atoms with E-state index in [2.05, 4.69) is 6.58 Å². The first kappa shape index (κ1) is 15.4. The highest BCUT2D eigenvalue weighted by Crippen LogP contribution is 2.13. The van der Waals surface area contributed by atoms with Gasteiger partial charge in [0.15, 0.2) is 0 Å². The van der Waals surface area contributed by atoms with Gasteiger partial charge in [-0.25, -0.2) is 0 Å². The number of carboxylic acids is 1. The molecule has 0 aliphatic heterocycles. The SMILES string of the molecule is C=CC[C@H](C[C@@H](O)CC(=O)O)OCc1ccccc1. The predicted molar refractivity (Wildman–Crippen MR) is 72.7 cm³/mol. The Morgan fingerprint density at radius 3 is 2.63 bits per heavy atom. The number of hydrogen-bond donors (Lipinski definition) is 2. The second kappa shape index (κ2) is 8.45. The van der Waals surface area contributed by atoms with Crippen LogP contribution in [0.2, 0.25) is 0 Å². The van der Waals surface area contributed by atoms with Crippen molar-refractivity contribution in [3.05, 3.63) is 48.6 Å². The van der Waals surface area contributed by atoms with Crippen LogP contribution >= 0.6 is 0 Å². The maximum atomic E-state index is 10.5. The van der Waals surface area contributed by atoms with Crippen LogP contribution in [0.25, 0.3) is 0 Å². The minimum atomic E-state index is -1.01. The zero-order valence-corrected chi connectivity index (χ0v) is 10.9. The van der Waals surface area contributed by atoms with Crippen LogP contribution in [-0.2, 0) is 16.1 Å². The molecule has 0 saturated heterocycles. The monoisotopic (exact) mass is 264 g/mol. The molecule has 2 N–H and O–H groups in total. The van der Waals surface area contributed by atoms with Crippen LogP contribution in [0.15, 0.2) is 43.0 Å². The molecule has 0 aliphatic carbocycles. The van der Waals surface area contributed by atoms with Crippen molar-refractivity contribution in [2.45, 2.75) is 38.1 Å². The summed E-state index contributed by atoms with van der Waals surface area (Å²) in [4.78, 5) is 10.5. The lowest BCUT2D eigenvalue weighted by Crippen LogP contribution is -2.22. The molecule has 2 atom stereocenters. The number of hydrogen-bond acceptors (Lipinski definition) is 3. The second-order valence-electron chi connectivity index (χ2n) is 4.43. The zero-order valence-electron chi connectivity index (χ0n) is 10.9. The minimum absolute atomic E-state index is 0.216. The molecule has 4 heteroatoms. The first-order valence-electron chi connectivity index (χ1n) is 6.28. The first-order valence-corrected chi connectivity index (χ1v) is 6.28. The minimum Gasteiger partial charge on any atom is -0.481 e. The predicted octanol–water partition coefficient (Wildman–Crippen LogP) is 2.37. The Kier molecular flexibility index (Phi) is 6.85. The quantitative estimate of drug-likeness (QED) is 0.672. The summed E-state index contributed by atoms with van der Waals surface area (Å²) in [6.07, 6.45) is 1.23. The van der Waals surface area contributed by atoms with E-state index in [1.54, 1.807) is 6.08 Å². The van der Waals surface area contributed by atoms with E-state index < -0.39 is 12.1 Å². The molecule has 0 bridgehead atoms. The molecule has 1 aromatic carbocycles. The molecule has 0 radical (unpaired) electrons. The summed E-state index contributed by atoms with van der Waals surface area (Å²) in [6, 6.07) is 9.71. The average molecular weight is 264 g/mol. The van der Waals surface area contributed by atoms with Crippen LogP contribution in [0.3, 0.4) is 0 Å². The number of aliphatic carboxylic acids is 1. The molecule has 0 amide bonds. The first-order chi connectivity index (χ1) is 9.11. The molecule has 0 saturated carbocycles. The molecule has 1 aromatic rings. The zero-order chi connectivity index (χ0) is 14.1. The highest BCUT2D eigenvalue weighted by Gasteiger charge is 2.16. The number of benzene rings is 1. The fourth-order valence-electron chi connectivity index (χ4n) is 1.79. The van der Waals surface area contributed by atoms with Crippen molar-refractivity contribution >= 4 is 5.97 Å². The summed E-state index contributed by atoms with van der Waals surface area (Å²) in [6.45, 7) is 4.09. The Bertz CT molecular complexity index is 388. The molecule has 104 valence electrons. The van der Waals surface area contributed by atoms with Gasteiger partial charge in [-0.1, -0.05) is 36.4 Å². The van der Waals surface area contributed by atoms with Gasteiger partial charge in [0, 0.05) is 6.42 Å². The molecule has 0 aliphatic rings. The summed E-state index contributed by atoms with van der Waals surface area (Å²) in [5.74, 6) is -1.01. The lowest BCUT2D eigenvalue weighted by molar-refractivity contribution is -0.139. The van der Waals surface area contributed by atoms with Crippen LogP contribution in [0.5, 0.6) is 0 Å². The molecule has 0 heterocycles. The molecule has 19 heavy (non-hydrogen) atoms. The highest BCUT2D eigenvalue weighted by molar-refractivity contribution is 5.67. The van der Waals surface area contributed by atoms with Crippen molar-refractivity contribution in [3.63, 3.8) is 0 Å². The molecule has 0 aromatic heterocycles. The molecule has 0 fully saturated rings. The summed E-state index contributed by atoms with van der Waals surface area (Å²) in [7, 11) is 0. The van der Waals surface area contributed by atoms with E-state index in [1.165, 1.54) is 0 Å². The largest absolute Gasteiger partial charge is 0.481 e. The third-order valence-corrected chi connectivity index (χ3v) is 2.70. The van der Waals surface area contributed by atoms with Crippen molar-refractivity contribution in [2.75, 3.05) is 0 Å². The van der Waals surface area contributed by atoms with Gasteiger partial charge in [-0.15, -0.1) is 6.58 Å². The summed E-state index contributed by atoms with van der Waals surface area (Å²) in [5, 5.41) is 18.2. The van der Waals surface area contributed by atoms with E-state index in [9.17, 15) is 9.90 Å². The van der Waals surface area contributed by atoms with Gasteiger partial charge in [-0.2, -0.15) is 0 Å². The summed E-state index contributed by atoms with van der Waals surface area (Å²) < 4.78 is 5.70. The average Bonchev–Trinajstić information content (AvgIpc) is 2.36. The number of carboxylic acid groups (broad SMARTS) is 1. The normalized spacial score (nSPS) is 13.7. The number of rotatable bonds is 9. The van der Waals surface area contributed by atoms with Crippen LogP contribution in [0.1, 0.15) is 24.8 Å². The molecule has 1 rings (SSSR count). The number of ether oxygens (including phenoxy) is 1. The Hall–Kier alpha value is -1.65. The molecule has 0 unspecified atom stereocenters. The summed E-state index contributed by atoms with van der Waals surface area (Å²) >= 11 is 0. The van der Waals surface area contributed by atoms with Gasteiger partial charge >= 0.3 is 5.97 Å². The Labute approximate surface area is 113 Å². The summed E-state index contributed by atoms with van der Waals surface area (Å²) in [5.41, 5.74) is 1.05.